The van der Waals surface area contributed by atoms with E-state index in [4.69, 9.17) is 4.74 Å². The molecule has 0 saturated heterocycles. The fourth-order valence-electron chi connectivity index (χ4n) is 3.53. The SMILES string of the molecule is CCN(CC)CCNC(=O)c1sc(-c2ccc(OC(C)N(CC)CC)c(C#N)c2)nc1C.Cl. The summed E-state index contributed by atoms with van der Waals surface area (Å²) in [4.78, 5) is 22.3. The van der Waals surface area contributed by atoms with Crippen LogP contribution >= 0.6 is 23.7 Å². The number of hydrogen-bond acceptors (Lipinski definition) is 7. The van der Waals surface area contributed by atoms with Crippen molar-refractivity contribution in [2.75, 3.05) is 39.3 Å². The van der Waals surface area contributed by atoms with Gasteiger partial charge in [-0.15, -0.1) is 23.7 Å². The molecule has 0 fully saturated rings. The van der Waals surface area contributed by atoms with E-state index in [-0.39, 0.29) is 24.5 Å². The summed E-state index contributed by atoms with van der Waals surface area (Å²) in [7, 11) is 0. The Kier molecular flexibility index (Phi) is 12.4. The van der Waals surface area contributed by atoms with Gasteiger partial charge in [0.2, 0.25) is 0 Å². The number of thiazole rings is 1. The third-order valence-electron chi connectivity index (χ3n) is 5.58. The van der Waals surface area contributed by atoms with E-state index in [0.717, 1.165) is 43.3 Å². The summed E-state index contributed by atoms with van der Waals surface area (Å²) in [6, 6.07) is 7.72. The molecule has 2 aromatic rings. The van der Waals surface area contributed by atoms with Crippen LogP contribution in [-0.2, 0) is 0 Å². The average Bonchev–Trinajstić information content (AvgIpc) is 3.19. The van der Waals surface area contributed by atoms with E-state index in [9.17, 15) is 10.1 Å². The van der Waals surface area contributed by atoms with Gasteiger partial charge >= 0.3 is 0 Å². The average molecular weight is 494 g/mol. The molecule has 0 saturated carbocycles. The van der Waals surface area contributed by atoms with Gasteiger partial charge < -0.3 is 15.0 Å². The fourth-order valence-corrected chi connectivity index (χ4v) is 4.51. The number of carbonyl (C=O) groups excluding carboxylic acids is 1. The van der Waals surface area contributed by atoms with Crippen molar-refractivity contribution in [3.8, 4) is 22.4 Å². The number of ether oxygens (including phenoxy) is 1. The molecule has 1 aromatic heterocycles. The number of aryl methyl sites for hydroxylation is 1. The van der Waals surface area contributed by atoms with Gasteiger partial charge in [-0.2, -0.15) is 5.26 Å². The van der Waals surface area contributed by atoms with Crippen LogP contribution in [0.4, 0.5) is 0 Å². The predicted molar refractivity (Wildman–Crippen MR) is 137 cm³/mol. The van der Waals surface area contributed by atoms with Crippen molar-refractivity contribution < 1.29 is 9.53 Å². The van der Waals surface area contributed by atoms with E-state index in [2.05, 4.69) is 53.9 Å². The maximum Gasteiger partial charge on any atom is 0.263 e. The van der Waals surface area contributed by atoms with E-state index in [0.29, 0.717) is 28.4 Å². The maximum absolute atomic E-state index is 12.7. The second-order valence-corrected chi connectivity index (χ2v) is 8.48. The Bertz CT molecular complexity index is 935. The van der Waals surface area contributed by atoms with E-state index in [1.807, 2.05) is 26.0 Å². The molecule has 2 rings (SSSR count). The summed E-state index contributed by atoms with van der Waals surface area (Å²) in [6.45, 7) is 17.3. The van der Waals surface area contributed by atoms with Crippen molar-refractivity contribution in [1.82, 2.24) is 20.1 Å². The van der Waals surface area contributed by atoms with Gasteiger partial charge in [-0.05, 0) is 58.2 Å². The van der Waals surface area contributed by atoms with Crippen molar-refractivity contribution in [3.05, 3.63) is 34.3 Å². The highest BCUT2D eigenvalue weighted by molar-refractivity contribution is 7.17. The molecule has 0 aliphatic rings. The van der Waals surface area contributed by atoms with Crippen LogP contribution < -0.4 is 10.1 Å². The van der Waals surface area contributed by atoms with Crippen LogP contribution in [0.25, 0.3) is 10.6 Å². The lowest BCUT2D eigenvalue weighted by atomic mass is 10.1. The topological polar surface area (TPSA) is 81.5 Å². The lowest BCUT2D eigenvalue weighted by Gasteiger charge is -2.27. The number of rotatable bonds is 12. The van der Waals surface area contributed by atoms with Crippen LogP contribution in [0.3, 0.4) is 0 Å². The van der Waals surface area contributed by atoms with Crippen molar-refractivity contribution in [2.24, 2.45) is 0 Å². The zero-order valence-corrected chi connectivity index (χ0v) is 22.1. The Morgan fingerprint density at radius 3 is 2.45 bits per heavy atom. The van der Waals surface area contributed by atoms with E-state index >= 15 is 0 Å². The van der Waals surface area contributed by atoms with Crippen molar-refractivity contribution in [2.45, 2.75) is 47.8 Å². The zero-order chi connectivity index (χ0) is 23.7. The number of nitrogens with one attached hydrogen (secondary N) is 1. The predicted octanol–water partition coefficient (Wildman–Crippen LogP) is 4.55. The summed E-state index contributed by atoms with van der Waals surface area (Å²) < 4.78 is 6.04. The highest BCUT2D eigenvalue weighted by atomic mass is 35.5. The molecule has 182 valence electrons. The zero-order valence-electron chi connectivity index (χ0n) is 20.5. The standard InChI is InChI=1S/C24H35N5O2S.ClH/c1-7-28(8-2)14-13-26-23(30)22-17(5)27-24(32-22)19-11-12-21(20(15-19)16-25)31-18(6)29(9-3)10-4;/h11-12,15,18H,7-10,13-14H2,1-6H3,(H,26,30);1H. The number of hydrogen-bond donors (Lipinski definition) is 1. The number of likely N-dealkylation sites (N-methyl/N-ethyl adjacent to an activating group) is 1. The van der Waals surface area contributed by atoms with Crippen molar-refractivity contribution in [1.29, 1.82) is 5.26 Å². The first kappa shape index (κ1) is 28.9. The number of amides is 1. The third-order valence-corrected chi connectivity index (χ3v) is 6.79. The second-order valence-electron chi connectivity index (χ2n) is 7.48. The van der Waals surface area contributed by atoms with E-state index in [1.165, 1.54) is 11.3 Å². The number of benzene rings is 1. The molecule has 0 aliphatic heterocycles. The summed E-state index contributed by atoms with van der Waals surface area (Å²) in [5, 5.41) is 13.4. The minimum absolute atomic E-state index is 0. The van der Waals surface area contributed by atoms with Gasteiger partial charge in [-0.3, -0.25) is 9.69 Å². The van der Waals surface area contributed by atoms with Crippen LogP contribution in [0.2, 0.25) is 0 Å². The molecule has 0 spiro atoms. The molecular formula is C24H36ClN5O2S. The van der Waals surface area contributed by atoms with Gasteiger partial charge in [0.25, 0.3) is 5.91 Å². The Hall–Kier alpha value is -2.18. The monoisotopic (exact) mass is 493 g/mol. The quantitative estimate of drug-likeness (QED) is 0.437. The van der Waals surface area contributed by atoms with Crippen LogP contribution in [-0.4, -0.2) is 66.2 Å². The number of halogens is 1. The minimum atomic E-state index is -0.128. The van der Waals surface area contributed by atoms with Gasteiger partial charge in [0.15, 0.2) is 0 Å². The first-order chi connectivity index (χ1) is 15.4. The van der Waals surface area contributed by atoms with E-state index in [1.54, 1.807) is 6.07 Å². The normalized spacial score (nSPS) is 11.7. The lowest BCUT2D eigenvalue weighted by molar-refractivity contribution is 0.0478. The van der Waals surface area contributed by atoms with Crippen LogP contribution in [0.15, 0.2) is 18.2 Å². The van der Waals surface area contributed by atoms with Crippen molar-refractivity contribution in [3.63, 3.8) is 0 Å². The number of nitriles is 1. The molecule has 7 nitrogen and oxygen atoms in total. The number of carbonyl (C=O) groups is 1. The summed E-state index contributed by atoms with van der Waals surface area (Å²) in [6.07, 6.45) is -0.128. The number of aromatic nitrogens is 1. The Labute approximate surface area is 208 Å². The summed E-state index contributed by atoms with van der Waals surface area (Å²) in [5.74, 6) is 0.449. The Morgan fingerprint density at radius 2 is 1.88 bits per heavy atom. The lowest BCUT2D eigenvalue weighted by Crippen LogP contribution is -2.37. The van der Waals surface area contributed by atoms with Crippen LogP contribution in [0.5, 0.6) is 5.75 Å². The maximum atomic E-state index is 12.7. The molecular weight excluding hydrogens is 458 g/mol. The third kappa shape index (κ3) is 7.68. The highest BCUT2D eigenvalue weighted by Crippen LogP contribution is 2.31. The molecule has 1 heterocycles. The molecule has 1 unspecified atom stereocenters. The van der Waals surface area contributed by atoms with Gasteiger partial charge in [0.1, 0.15) is 27.9 Å². The molecule has 33 heavy (non-hydrogen) atoms. The largest absolute Gasteiger partial charge is 0.474 e. The number of nitrogens with zero attached hydrogens (tertiary/aromatic N) is 4. The smallest absolute Gasteiger partial charge is 0.263 e. The van der Waals surface area contributed by atoms with Gasteiger partial charge in [-0.25, -0.2) is 4.98 Å². The molecule has 1 atom stereocenters. The van der Waals surface area contributed by atoms with Crippen LogP contribution in [0, 0.1) is 18.3 Å². The van der Waals surface area contributed by atoms with Gasteiger partial charge in [0, 0.05) is 18.7 Å². The first-order valence-corrected chi connectivity index (χ1v) is 12.1. The molecule has 0 bridgehead atoms. The van der Waals surface area contributed by atoms with E-state index < -0.39 is 0 Å². The molecule has 0 radical (unpaired) electrons. The Balaban J connectivity index is 0.00000544. The first-order valence-electron chi connectivity index (χ1n) is 11.3. The summed E-state index contributed by atoms with van der Waals surface area (Å²) >= 11 is 1.35. The molecule has 1 amide bonds. The van der Waals surface area contributed by atoms with Gasteiger partial charge in [-0.1, -0.05) is 27.7 Å². The Morgan fingerprint density at radius 1 is 1.21 bits per heavy atom. The molecule has 0 aliphatic carbocycles. The van der Waals surface area contributed by atoms with Gasteiger partial charge in [0.05, 0.1) is 11.3 Å². The second kappa shape index (κ2) is 14.2. The minimum Gasteiger partial charge on any atom is -0.474 e. The van der Waals surface area contributed by atoms with Crippen LogP contribution in [0.1, 0.15) is 55.5 Å². The molecule has 1 aromatic carbocycles. The summed E-state index contributed by atoms with van der Waals surface area (Å²) in [5.41, 5.74) is 1.96. The highest BCUT2D eigenvalue weighted by Gasteiger charge is 2.18. The molecule has 9 heteroatoms. The molecule has 1 N–H and O–H groups in total. The van der Waals surface area contributed by atoms with Crippen molar-refractivity contribution >= 4 is 29.7 Å². The fraction of sp³-hybridized carbons (Fsp3) is 0.542.